The van der Waals surface area contributed by atoms with Crippen LogP contribution in [0.4, 0.5) is 8.78 Å². The smallest absolute Gasteiger partial charge is 0.387 e. The van der Waals surface area contributed by atoms with Gasteiger partial charge in [0.1, 0.15) is 11.8 Å². The van der Waals surface area contributed by atoms with E-state index in [2.05, 4.69) is 4.74 Å². The predicted octanol–water partition coefficient (Wildman–Crippen LogP) is 2.83. The second-order valence-electron chi connectivity index (χ2n) is 3.96. The van der Waals surface area contributed by atoms with Crippen molar-refractivity contribution in [2.24, 2.45) is 0 Å². The summed E-state index contributed by atoms with van der Waals surface area (Å²) in [6, 6.07) is 4.76. The number of hydrogen-bond donors (Lipinski definition) is 0. The Kier molecular flexibility index (Phi) is 5.91. The van der Waals surface area contributed by atoms with Crippen molar-refractivity contribution in [1.82, 2.24) is 0 Å². The van der Waals surface area contributed by atoms with Crippen molar-refractivity contribution in [2.45, 2.75) is 33.3 Å². The lowest BCUT2D eigenvalue weighted by Gasteiger charge is -2.13. The molecule has 1 aromatic rings. The summed E-state index contributed by atoms with van der Waals surface area (Å²) in [5.74, 6) is -0.557. The first kappa shape index (κ1) is 15.9. The van der Waals surface area contributed by atoms with E-state index in [1.54, 1.807) is 19.9 Å². The van der Waals surface area contributed by atoms with Crippen molar-refractivity contribution in [3.05, 3.63) is 28.8 Å². The van der Waals surface area contributed by atoms with E-state index < -0.39 is 12.6 Å². The molecule has 1 aromatic carbocycles. The second kappa shape index (κ2) is 7.43. The van der Waals surface area contributed by atoms with Gasteiger partial charge in [-0.05, 0) is 30.5 Å². The third kappa shape index (κ3) is 4.19. The van der Waals surface area contributed by atoms with Crippen LogP contribution >= 0.6 is 0 Å². The van der Waals surface area contributed by atoms with Crippen molar-refractivity contribution in [3.63, 3.8) is 0 Å². The minimum Gasteiger partial charge on any atom is -0.466 e. The lowest BCUT2D eigenvalue weighted by atomic mass is 10.0. The van der Waals surface area contributed by atoms with Crippen LogP contribution in [-0.2, 0) is 22.4 Å². The van der Waals surface area contributed by atoms with Gasteiger partial charge >= 0.3 is 12.6 Å². The Morgan fingerprint density at radius 1 is 1.40 bits per heavy atom. The molecule has 0 saturated carbocycles. The molecular formula is C14H15F2NO3. The topological polar surface area (TPSA) is 59.3 Å². The van der Waals surface area contributed by atoms with Crippen LogP contribution in [0, 0.1) is 11.3 Å². The molecule has 4 nitrogen and oxygen atoms in total. The minimum absolute atomic E-state index is 0.00945. The first-order chi connectivity index (χ1) is 9.51. The molecule has 0 aliphatic heterocycles. The average Bonchev–Trinajstić information content (AvgIpc) is 2.39. The summed E-state index contributed by atoms with van der Waals surface area (Å²) in [6.45, 7) is 0.707. The maximum Gasteiger partial charge on any atom is 0.387 e. The molecule has 20 heavy (non-hydrogen) atoms. The maximum absolute atomic E-state index is 12.4. The Hall–Kier alpha value is -2.16. The number of nitriles is 1. The van der Waals surface area contributed by atoms with Gasteiger partial charge in [0.25, 0.3) is 0 Å². The van der Waals surface area contributed by atoms with Gasteiger partial charge in [0.15, 0.2) is 0 Å². The zero-order chi connectivity index (χ0) is 15.1. The quantitative estimate of drug-likeness (QED) is 0.753. The van der Waals surface area contributed by atoms with E-state index in [4.69, 9.17) is 10.00 Å². The Balaban J connectivity index is 3.12. The molecule has 0 atom stereocenters. The highest BCUT2D eigenvalue weighted by Crippen LogP contribution is 2.28. The fourth-order valence-electron chi connectivity index (χ4n) is 1.81. The number of ether oxygens (including phenoxy) is 2. The van der Waals surface area contributed by atoms with Crippen LogP contribution in [0.5, 0.6) is 5.75 Å². The van der Waals surface area contributed by atoms with Gasteiger partial charge in [0, 0.05) is 0 Å². The zero-order valence-electron chi connectivity index (χ0n) is 11.3. The summed E-state index contributed by atoms with van der Waals surface area (Å²) in [7, 11) is 0. The average molecular weight is 283 g/mol. The van der Waals surface area contributed by atoms with E-state index in [0.717, 1.165) is 0 Å². The van der Waals surface area contributed by atoms with E-state index in [9.17, 15) is 13.6 Å². The van der Waals surface area contributed by atoms with E-state index in [1.807, 2.05) is 6.07 Å². The number of nitrogens with zero attached hydrogens (tertiary/aromatic N) is 1. The third-order valence-electron chi connectivity index (χ3n) is 2.59. The highest BCUT2D eigenvalue weighted by molar-refractivity contribution is 5.73. The number of alkyl halides is 2. The summed E-state index contributed by atoms with van der Waals surface area (Å²) < 4.78 is 33.9. The van der Waals surface area contributed by atoms with Gasteiger partial charge in [-0.3, -0.25) is 4.79 Å². The van der Waals surface area contributed by atoms with E-state index in [0.29, 0.717) is 17.5 Å². The maximum atomic E-state index is 12.4. The van der Waals surface area contributed by atoms with E-state index in [-0.39, 0.29) is 24.3 Å². The molecule has 1 rings (SSSR count). The van der Waals surface area contributed by atoms with Gasteiger partial charge in [-0.2, -0.15) is 14.0 Å². The molecule has 0 radical (unpaired) electrons. The van der Waals surface area contributed by atoms with E-state index in [1.165, 1.54) is 6.07 Å². The van der Waals surface area contributed by atoms with Crippen molar-refractivity contribution < 1.29 is 23.0 Å². The first-order valence-electron chi connectivity index (χ1n) is 6.18. The van der Waals surface area contributed by atoms with Crippen LogP contribution in [0.15, 0.2) is 12.1 Å². The fraction of sp³-hybridized carbons (Fsp3) is 0.429. The largest absolute Gasteiger partial charge is 0.466 e. The van der Waals surface area contributed by atoms with Gasteiger partial charge < -0.3 is 9.47 Å². The molecule has 6 heteroatoms. The van der Waals surface area contributed by atoms with Crippen LogP contribution < -0.4 is 4.74 Å². The van der Waals surface area contributed by atoms with Crippen LogP contribution in [-0.4, -0.2) is 19.2 Å². The molecule has 0 unspecified atom stereocenters. The minimum atomic E-state index is -3.00. The van der Waals surface area contributed by atoms with Crippen molar-refractivity contribution >= 4 is 5.97 Å². The number of carbonyl (C=O) groups is 1. The van der Waals surface area contributed by atoms with Crippen molar-refractivity contribution in [1.29, 1.82) is 5.26 Å². The van der Waals surface area contributed by atoms with E-state index >= 15 is 0 Å². The number of carbonyl (C=O) groups excluding carboxylic acids is 1. The highest BCUT2D eigenvalue weighted by Gasteiger charge is 2.16. The summed E-state index contributed by atoms with van der Waals surface area (Å²) in [6.07, 6.45) is 0.401. The standard InChI is InChI=1S/C14H15F2NO3/c1-3-10-5-9(7-12(18)19-4-2)6-11(8-17)13(10)20-14(15)16/h5-6,14H,3-4,7H2,1-2H3. The summed E-state index contributed by atoms with van der Waals surface area (Å²) in [5.41, 5.74) is 0.992. The number of hydrogen-bond acceptors (Lipinski definition) is 4. The summed E-state index contributed by atoms with van der Waals surface area (Å²) in [5, 5.41) is 9.02. The Morgan fingerprint density at radius 2 is 2.10 bits per heavy atom. The van der Waals surface area contributed by atoms with Gasteiger partial charge in [0.2, 0.25) is 0 Å². The Morgan fingerprint density at radius 3 is 2.60 bits per heavy atom. The van der Waals surface area contributed by atoms with Crippen molar-refractivity contribution in [2.75, 3.05) is 6.61 Å². The number of esters is 1. The Labute approximate surface area is 115 Å². The molecule has 0 aliphatic rings. The van der Waals surface area contributed by atoms with Gasteiger partial charge in [-0.15, -0.1) is 0 Å². The SMILES string of the molecule is CCOC(=O)Cc1cc(C#N)c(OC(F)F)c(CC)c1. The first-order valence-corrected chi connectivity index (χ1v) is 6.18. The van der Waals surface area contributed by atoms with Gasteiger partial charge in [-0.1, -0.05) is 13.0 Å². The molecular weight excluding hydrogens is 268 g/mol. The number of rotatable bonds is 6. The lowest BCUT2D eigenvalue weighted by molar-refractivity contribution is -0.142. The summed E-state index contributed by atoms with van der Waals surface area (Å²) >= 11 is 0. The highest BCUT2D eigenvalue weighted by atomic mass is 19.3. The van der Waals surface area contributed by atoms with Gasteiger partial charge in [-0.25, -0.2) is 0 Å². The molecule has 0 aliphatic carbocycles. The molecule has 0 saturated heterocycles. The molecule has 0 N–H and O–H groups in total. The van der Waals surface area contributed by atoms with Crippen LogP contribution in [0.2, 0.25) is 0 Å². The molecule has 108 valence electrons. The fourth-order valence-corrected chi connectivity index (χ4v) is 1.81. The summed E-state index contributed by atoms with van der Waals surface area (Å²) in [4.78, 5) is 11.4. The third-order valence-corrected chi connectivity index (χ3v) is 2.59. The molecule has 0 aromatic heterocycles. The van der Waals surface area contributed by atoms with Crippen LogP contribution in [0.1, 0.15) is 30.5 Å². The molecule has 0 bridgehead atoms. The zero-order valence-corrected chi connectivity index (χ0v) is 11.3. The van der Waals surface area contributed by atoms with Crippen molar-refractivity contribution in [3.8, 4) is 11.8 Å². The molecule has 0 amide bonds. The molecule has 0 heterocycles. The second-order valence-corrected chi connectivity index (χ2v) is 3.96. The van der Waals surface area contributed by atoms with Crippen LogP contribution in [0.3, 0.4) is 0 Å². The van der Waals surface area contributed by atoms with Crippen LogP contribution in [0.25, 0.3) is 0 Å². The number of aryl methyl sites for hydroxylation is 1. The number of benzene rings is 1. The lowest BCUT2D eigenvalue weighted by Crippen LogP contribution is -2.10. The normalized spacial score (nSPS) is 10.2. The Bertz CT molecular complexity index is 524. The molecule has 0 fully saturated rings. The predicted molar refractivity (Wildman–Crippen MR) is 67.5 cm³/mol. The van der Waals surface area contributed by atoms with Gasteiger partial charge in [0.05, 0.1) is 18.6 Å². The monoisotopic (exact) mass is 283 g/mol. The number of halogens is 2. The molecule has 0 spiro atoms.